The van der Waals surface area contributed by atoms with Gasteiger partial charge in [-0.2, -0.15) is 9.13 Å². The molecule has 0 saturated heterocycles. The second-order valence-corrected chi connectivity index (χ2v) is 8.19. The number of anilines is 2. The van der Waals surface area contributed by atoms with Crippen molar-refractivity contribution in [3.8, 4) is 11.1 Å². The molecule has 2 aromatic carbocycles. The molecule has 0 bridgehead atoms. The van der Waals surface area contributed by atoms with E-state index in [0.717, 1.165) is 33.9 Å². The van der Waals surface area contributed by atoms with Crippen LogP contribution in [0.25, 0.3) is 11.1 Å². The minimum Gasteiger partial charge on any atom is -1.00 e. The number of nitrogens with one attached hydrogen (secondary N) is 2. The van der Waals surface area contributed by atoms with Crippen LogP contribution in [0.4, 0.5) is 11.4 Å². The third-order valence-corrected chi connectivity index (χ3v) is 5.63. The summed E-state index contributed by atoms with van der Waals surface area (Å²) in [6.45, 7) is 4.48. The van der Waals surface area contributed by atoms with E-state index in [9.17, 15) is 9.59 Å². The molecule has 0 atom stereocenters. The number of rotatable bonds is 7. The molecule has 36 heavy (non-hydrogen) atoms. The average Bonchev–Trinajstić information content (AvgIpc) is 2.83. The molecule has 0 fully saturated rings. The van der Waals surface area contributed by atoms with Crippen LogP contribution in [-0.4, -0.2) is 11.8 Å². The van der Waals surface area contributed by atoms with Gasteiger partial charge in [0.25, 0.3) is 11.8 Å². The Balaban J connectivity index is 0.00000228. The van der Waals surface area contributed by atoms with E-state index < -0.39 is 0 Å². The lowest BCUT2D eigenvalue weighted by Gasteiger charge is -2.08. The largest absolute Gasteiger partial charge is 1.00 e. The highest BCUT2D eigenvalue weighted by Gasteiger charge is 2.13. The van der Waals surface area contributed by atoms with E-state index in [0.29, 0.717) is 0 Å². The van der Waals surface area contributed by atoms with Gasteiger partial charge in [-0.3, -0.25) is 9.59 Å². The smallest absolute Gasteiger partial charge is 0.290 e. The number of nitrogens with zero attached hydrogens (tertiary/aromatic N) is 2. The van der Waals surface area contributed by atoms with Crippen LogP contribution in [-0.2, 0) is 22.7 Å². The van der Waals surface area contributed by atoms with Gasteiger partial charge in [-0.05, 0) is 35.4 Å². The van der Waals surface area contributed by atoms with Gasteiger partial charge >= 0.3 is 0 Å². The van der Waals surface area contributed by atoms with Crippen molar-refractivity contribution in [1.29, 1.82) is 0 Å². The Bertz CT molecular complexity index is 1210. The van der Waals surface area contributed by atoms with Crippen molar-refractivity contribution < 1.29 is 52.7 Å². The number of pyridine rings is 2. The summed E-state index contributed by atoms with van der Waals surface area (Å²) in [5.74, 6) is -0.146. The highest BCUT2D eigenvalue weighted by Crippen LogP contribution is 2.23. The maximum absolute atomic E-state index is 12.4. The number of hydrogen-bond donors (Lipinski definition) is 2. The second-order valence-electron chi connectivity index (χ2n) is 8.19. The van der Waals surface area contributed by atoms with E-state index in [1.807, 2.05) is 120 Å². The Hall–Kier alpha value is -3.36. The molecule has 2 aromatic heterocycles. The summed E-state index contributed by atoms with van der Waals surface area (Å²) in [7, 11) is 0. The highest BCUT2D eigenvalue weighted by molar-refractivity contribution is 5.91. The monoisotopic (exact) mass is 610 g/mol. The zero-order valence-electron chi connectivity index (χ0n) is 20.1. The summed E-state index contributed by atoms with van der Waals surface area (Å²) >= 11 is 0. The first-order chi connectivity index (χ1) is 16.5. The van der Waals surface area contributed by atoms with Gasteiger partial charge in [-0.15, -0.1) is 0 Å². The predicted molar refractivity (Wildman–Crippen MR) is 132 cm³/mol. The molecule has 0 spiro atoms. The van der Waals surface area contributed by atoms with Crippen LogP contribution in [0.5, 0.6) is 0 Å². The van der Waals surface area contributed by atoms with Crippen LogP contribution in [0.2, 0.25) is 0 Å². The summed E-state index contributed by atoms with van der Waals surface area (Å²) in [5, 5.41) is 5.88. The van der Waals surface area contributed by atoms with E-state index in [1.165, 1.54) is 0 Å². The van der Waals surface area contributed by atoms with Gasteiger partial charge in [0, 0.05) is 49.5 Å². The molecule has 6 nitrogen and oxygen atoms in total. The van der Waals surface area contributed by atoms with Gasteiger partial charge in [0.1, 0.15) is 0 Å². The van der Waals surface area contributed by atoms with E-state index in [2.05, 4.69) is 10.6 Å². The van der Waals surface area contributed by atoms with E-state index in [1.54, 1.807) is 0 Å². The van der Waals surface area contributed by atoms with Gasteiger partial charge in [0.15, 0.2) is 23.8 Å². The van der Waals surface area contributed by atoms with Crippen molar-refractivity contribution >= 4 is 23.2 Å². The fraction of sp³-hybridized carbons (Fsp3) is 0.143. The lowest BCUT2D eigenvalue weighted by molar-refractivity contribution is -0.690. The third-order valence-electron chi connectivity index (χ3n) is 5.63. The molecule has 0 aliphatic rings. The molecule has 4 rings (SSSR count). The Labute approximate surface area is 232 Å². The van der Waals surface area contributed by atoms with Crippen LogP contribution < -0.4 is 53.7 Å². The van der Waals surface area contributed by atoms with Crippen LogP contribution in [0.15, 0.2) is 97.3 Å². The quantitative estimate of drug-likeness (QED) is 0.234. The molecule has 0 unspecified atom stereocenters. The first kappa shape index (κ1) is 28.9. The number of aryl methyl sites for hydroxylation is 2. The molecule has 2 amide bonds. The zero-order chi connectivity index (χ0) is 23.9. The van der Waals surface area contributed by atoms with Crippen molar-refractivity contribution in [2.24, 2.45) is 0 Å². The average molecular weight is 612 g/mol. The molecule has 4 aromatic rings. The van der Waals surface area contributed by atoms with Gasteiger partial charge in [0.2, 0.25) is 13.1 Å². The van der Waals surface area contributed by atoms with Crippen molar-refractivity contribution in [1.82, 2.24) is 0 Å². The van der Waals surface area contributed by atoms with Crippen molar-refractivity contribution in [3.63, 3.8) is 0 Å². The molecule has 8 heteroatoms. The van der Waals surface area contributed by atoms with Crippen LogP contribution >= 0.6 is 0 Å². The van der Waals surface area contributed by atoms with Crippen LogP contribution in [0, 0.1) is 13.8 Å². The standard InChI is InChI=1S/C28H26N4O2.2BrH/c1-21-7-3-5-17-31(21)19-27(33)29-25-13-9-23(10-14-25)24-11-15-26(16-12-24)30-28(34)20-32-18-6-4-8-22(32)2;;/h3-18H,19-20H2,1-2H3;2*1H. The first-order valence-corrected chi connectivity index (χ1v) is 11.2. The number of carbonyl (C=O) groups is 2. The lowest BCUT2D eigenvalue weighted by atomic mass is 10.0. The van der Waals surface area contributed by atoms with Gasteiger partial charge < -0.3 is 44.6 Å². The van der Waals surface area contributed by atoms with E-state index >= 15 is 0 Å². The summed E-state index contributed by atoms with van der Waals surface area (Å²) in [5.41, 5.74) is 5.61. The summed E-state index contributed by atoms with van der Waals surface area (Å²) in [4.78, 5) is 24.8. The number of amides is 2. The minimum absolute atomic E-state index is 0. The van der Waals surface area contributed by atoms with Crippen molar-refractivity contribution in [3.05, 3.63) is 109 Å². The number of benzene rings is 2. The Morgan fingerprint density at radius 3 is 1.28 bits per heavy atom. The minimum atomic E-state index is -0.0731. The van der Waals surface area contributed by atoms with Gasteiger partial charge in [0.05, 0.1) is 0 Å². The molecule has 2 heterocycles. The topological polar surface area (TPSA) is 66.0 Å². The lowest BCUT2D eigenvalue weighted by Crippen LogP contribution is -3.00. The summed E-state index contributed by atoms with van der Waals surface area (Å²) < 4.78 is 3.81. The molecule has 0 radical (unpaired) electrons. The molecule has 2 N–H and O–H groups in total. The van der Waals surface area contributed by atoms with E-state index in [4.69, 9.17) is 0 Å². The predicted octanol–water partition coefficient (Wildman–Crippen LogP) is -2.17. The number of hydrogen-bond acceptors (Lipinski definition) is 2. The Kier molecular flexibility index (Phi) is 11.0. The summed E-state index contributed by atoms with van der Waals surface area (Å²) in [6.07, 6.45) is 3.79. The molecular weight excluding hydrogens is 584 g/mol. The molecule has 0 aliphatic heterocycles. The van der Waals surface area contributed by atoms with Crippen LogP contribution in [0.3, 0.4) is 0 Å². The van der Waals surface area contributed by atoms with Gasteiger partial charge in [-0.1, -0.05) is 36.4 Å². The Morgan fingerprint density at radius 1 is 0.583 bits per heavy atom. The molecule has 0 aliphatic carbocycles. The number of carbonyl (C=O) groups excluding carboxylic acids is 2. The second kappa shape index (κ2) is 13.7. The van der Waals surface area contributed by atoms with Crippen molar-refractivity contribution in [2.45, 2.75) is 26.9 Å². The van der Waals surface area contributed by atoms with E-state index in [-0.39, 0.29) is 58.9 Å². The highest BCUT2D eigenvalue weighted by atomic mass is 79.9. The van der Waals surface area contributed by atoms with Gasteiger partial charge in [-0.25, -0.2) is 0 Å². The number of aromatic nitrogens is 2. The maximum Gasteiger partial charge on any atom is 0.290 e. The van der Waals surface area contributed by atoms with Crippen molar-refractivity contribution in [2.75, 3.05) is 10.6 Å². The zero-order valence-corrected chi connectivity index (χ0v) is 23.3. The first-order valence-electron chi connectivity index (χ1n) is 11.2. The molecule has 0 saturated carbocycles. The number of halogens is 2. The Morgan fingerprint density at radius 2 is 0.944 bits per heavy atom. The maximum atomic E-state index is 12.4. The summed E-state index contributed by atoms with van der Waals surface area (Å²) in [6, 6.07) is 27.1. The molecule has 186 valence electrons. The SMILES string of the molecule is Cc1cccc[n+]1CC(=O)Nc1ccc(-c2ccc(NC(=O)C[n+]3ccccc3C)cc2)cc1.[Br-].[Br-]. The van der Waals surface area contributed by atoms with Crippen LogP contribution in [0.1, 0.15) is 11.4 Å². The third kappa shape index (κ3) is 7.83. The fourth-order valence-corrected chi connectivity index (χ4v) is 3.68. The molecular formula is C28H28Br2N4O2. The normalized spacial score (nSPS) is 9.94. The fourth-order valence-electron chi connectivity index (χ4n) is 3.68.